The number of rotatable bonds is 9. The maximum absolute atomic E-state index is 12.7. The van der Waals surface area contributed by atoms with Crippen LogP contribution in [0.4, 0.5) is 4.79 Å². The molecule has 0 atom stereocenters. The summed E-state index contributed by atoms with van der Waals surface area (Å²) < 4.78 is 5.57. The summed E-state index contributed by atoms with van der Waals surface area (Å²) in [5.41, 5.74) is 5.92. The SMILES string of the molecule is CN(CCC(=O)O)C(=O)c1ccccc1CCNC(=O)OCC1c2ccccc2-c2ccccc21. The number of nitrogens with zero attached hydrogens (tertiary/aromatic N) is 1. The number of hydrogen-bond donors (Lipinski definition) is 2. The first-order valence-corrected chi connectivity index (χ1v) is 11.6. The van der Waals surface area contributed by atoms with Gasteiger partial charge in [0.1, 0.15) is 6.61 Å². The average Bonchev–Trinajstić information content (AvgIpc) is 3.19. The van der Waals surface area contributed by atoms with E-state index in [1.807, 2.05) is 36.4 Å². The minimum atomic E-state index is -0.953. The number of carboxylic acid groups (broad SMARTS) is 1. The molecule has 3 aromatic rings. The van der Waals surface area contributed by atoms with Gasteiger partial charge in [0.15, 0.2) is 0 Å². The zero-order valence-electron chi connectivity index (χ0n) is 19.6. The van der Waals surface area contributed by atoms with Gasteiger partial charge < -0.3 is 20.1 Å². The molecule has 0 fully saturated rings. The van der Waals surface area contributed by atoms with Crippen molar-refractivity contribution in [1.82, 2.24) is 10.2 Å². The number of nitrogens with one attached hydrogen (secondary N) is 1. The van der Waals surface area contributed by atoms with E-state index in [1.165, 1.54) is 16.0 Å². The van der Waals surface area contributed by atoms with Crippen molar-refractivity contribution in [3.63, 3.8) is 0 Å². The van der Waals surface area contributed by atoms with Crippen molar-refractivity contribution < 1.29 is 24.2 Å². The van der Waals surface area contributed by atoms with Gasteiger partial charge in [0.25, 0.3) is 5.91 Å². The highest BCUT2D eigenvalue weighted by molar-refractivity contribution is 5.95. The first-order valence-electron chi connectivity index (χ1n) is 11.6. The van der Waals surface area contributed by atoms with Gasteiger partial charge in [-0.05, 0) is 40.3 Å². The number of ether oxygens (including phenoxy) is 1. The molecule has 0 aliphatic heterocycles. The minimum absolute atomic E-state index is 0.00663. The van der Waals surface area contributed by atoms with Crippen LogP contribution in [0.15, 0.2) is 72.8 Å². The van der Waals surface area contributed by atoms with Crippen molar-refractivity contribution >= 4 is 18.0 Å². The number of hydrogen-bond acceptors (Lipinski definition) is 4. The van der Waals surface area contributed by atoms with Gasteiger partial charge >= 0.3 is 12.1 Å². The van der Waals surface area contributed by atoms with Crippen LogP contribution in [0.3, 0.4) is 0 Å². The van der Waals surface area contributed by atoms with Crippen molar-refractivity contribution in [2.75, 3.05) is 26.7 Å². The smallest absolute Gasteiger partial charge is 0.407 e. The van der Waals surface area contributed by atoms with Gasteiger partial charge in [-0.3, -0.25) is 9.59 Å². The molecule has 0 unspecified atom stereocenters. The maximum atomic E-state index is 12.7. The van der Waals surface area contributed by atoms with Gasteiger partial charge in [0, 0.05) is 31.6 Å². The zero-order chi connectivity index (χ0) is 24.8. The lowest BCUT2D eigenvalue weighted by Crippen LogP contribution is -2.31. The number of aliphatic carboxylic acids is 1. The minimum Gasteiger partial charge on any atom is -0.481 e. The van der Waals surface area contributed by atoms with Crippen LogP contribution >= 0.6 is 0 Å². The molecule has 3 aromatic carbocycles. The second kappa shape index (κ2) is 10.9. The van der Waals surface area contributed by atoms with Crippen LogP contribution in [0.5, 0.6) is 0 Å². The first kappa shape index (κ1) is 24.0. The summed E-state index contributed by atoms with van der Waals surface area (Å²) >= 11 is 0. The van der Waals surface area contributed by atoms with E-state index in [-0.39, 0.29) is 31.4 Å². The molecule has 1 aliphatic rings. The highest BCUT2D eigenvalue weighted by Crippen LogP contribution is 2.44. The Morgan fingerprint density at radius 2 is 1.51 bits per heavy atom. The van der Waals surface area contributed by atoms with Crippen molar-refractivity contribution in [2.45, 2.75) is 18.8 Å². The Hall–Kier alpha value is -4.13. The van der Waals surface area contributed by atoms with Crippen molar-refractivity contribution in [2.24, 2.45) is 0 Å². The number of amides is 2. The lowest BCUT2D eigenvalue weighted by Gasteiger charge is -2.18. The largest absolute Gasteiger partial charge is 0.481 e. The highest BCUT2D eigenvalue weighted by Gasteiger charge is 2.29. The topological polar surface area (TPSA) is 95.9 Å². The molecule has 0 aromatic heterocycles. The van der Waals surface area contributed by atoms with Crippen LogP contribution in [-0.4, -0.2) is 54.7 Å². The number of carboxylic acids is 1. The molecule has 7 heteroatoms. The van der Waals surface area contributed by atoms with Crippen LogP contribution in [0.1, 0.15) is 39.4 Å². The van der Waals surface area contributed by atoms with E-state index < -0.39 is 12.1 Å². The number of carbonyl (C=O) groups is 3. The van der Waals surface area contributed by atoms with Gasteiger partial charge in [-0.25, -0.2) is 4.79 Å². The molecular formula is C28H28N2O5. The van der Waals surface area contributed by atoms with E-state index in [1.54, 1.807) is 19.2 Å². The van der Waals surface area contributed by atoms with E-state index in [4.69, 9.17) is 9.84 Å². The molecule has 2 N–H and O–H groups in total. The Morgan fingerprint density at radius 3 is 2.17 bits per heavy atom. The zero-order valence-corrected chi connectivity index (χ0v) is 19.6. The Labute approximate surface area is 204 Å². The normalized spacial score (nSPS) is 11.9. The third-order valence-corrected chi connectivity index (χ3v) is 6.26. The summed E-state index contributed by atoms with van der Waals surface area (Å²) in [6.07, 6.45) is -0.179. The molecule has 0 heterocycles. The van der Waals surface area contributed by atoms with E-state index in [0.29, 0.717) is 18.5 Å². The van der Waals surface area contributed by atoms with Crippen molar-refractivity contribution in [1.29, 1.82) is 0 Å². The van der Waals surface area contributed by atoms with Crippen LogP contribution in [0, 0.1) is 0 Å². The fourth-order valence-electron chi connectivity index (χ4n) is 4.47. The predicted octanol–water partition coefficient (Wildman–Crippen LogP) is 4.31. The molecule has 0 bridgehead atoms. The fraction of sp³-hybridized carbons (Fsp3) is 0.250. The second-order valence-electron chi connectivity index (χ2n) is 8.53. The van der Waals surface area contributed by atoms with Crippen molar-refractivity contribution in [3.05, 3.63) is 95.1 Å². The van der Waals surface area contributed by atoms with E-state index in [2.05, 4.69) is 29.6 Å². The van der Waals surface area contributed by atoms with E-state index in [0.717, 1.165) is 16.7 Å². The van der Waals surface area contributed by atoms with Crippen molar-refractivity contribution in [3.8, 4) is 11.1 Å². The molecule has 0 saturated carbocycles. The van der Waals surface area contributed by atoms with Crippen LogP contribution < -0.4 is 5.32 Å². The maximum Gasteiger partial charge on any atom is 0.407 e. The molecule has 0 spiro atoms. The molecule has 0 radical (unpaired) electrons. The second-order valence-corrected chi connectivity index (χ2v) is 8.53. The van der Waals surface area contributed by atoms with Crippen LogP contribution in [0.2, 0.25) is 0 Å². The summed E-state index contributed by atoms with van der Waals surface area (Å²) in [7, 11) is 1.58. The third kappa shape index (κ3) is 5.51. The number of alkyl carbamates (subject to hydrolysis) is 1. The van der Waals surface area contributed by atoms with Gasteiger partial charge in [-0.1, -0.05) is 66.7 Å². The average molecular weight is 473 g/mol. The Kier molecular flexibility index (Phi) is 7.45. The molecule has 7 nitrogen and oxygen atoms in total. The Bertz CT molecular complexity index is 1190. The monoisotopic (exact) mass is 472 g/mol. The lowest BCUT2D eigenvalue weighted by molar-refractivity contribution is -0.137. The lowest BCUT2D eigenvalue weighted by atomic mass is 9.98. The standard InChI is InChI=1S/C28H28N2O5/c1-30(17-15-26(31)32)27(33)20-9-3-2-8-19(20)14-16-29-28(34)35-18-25-23-12-6-4-10-21(23)22-11-5-7-13-24(22)25/h2-13,25H,14-18H2,1H3,(H,29,34)(H,31,32). The Balaban J connectivity index is 1.32. The number of fused-ring (bicyclic) bond motifs is 3. The molecule has 35 heavy (non-hydrogen) atoms. The van der Waals surface area contributed by atoms with E-state index in [9.17, 15) is 14.4 Å². The molecule has 1 aliphatic carbocycles. The molecule has 4 rings (SSSR count). The molecule has 180 valence electrons. The van der Waals surface area contributed by atoms with Crippen LogP contribution in [-0.2, 0) is 16.0 Å². The molecular weight excluding hydrogens is 444 g/mol. The summed E-state index contributed by atoms with van der Waals surface area (Å²) in [4.78, 5) is 37.4. The van der Waals surface area contributed by atoms with E-state index >= 15 is 0 Å². The van der Waals surface area contributed by atoms with Gasteiger partial charge in [0.05, 0.1) is 6.42 Å². The van der Waals surface area contributed by atoms with Gasteiger partial charge in [0.2, 0.25) is 0 Å². The van der Waals surface area contributed by atoms with Gasteiger partial charge in [-0.2, -0.15) is 0 Å². The summed E-state index contributed by atoms with van der Waals surface area (Å²) in [5, 5.41) is 11.6. The van der Waals surface area contributed by atoms with Crippen LogP contribution in [0.25, 0.3) is 11.1 Å². The predicted molar refractivity (Wildman–Crippen MR) is 132 cm³/mol. The quantitative estimate of drug-likeness (QED) is 0.484. The fourth-order valence-corrected chi connectivity index (χ4v) is 4.47. The highest BCUT2D eigenvalue weighted by atomic mass is 16.5. The van der Waals surface area contributed by atoms with Gasteiger partial charge in [-0.15, -0.1) is 0 Å². The summed E-state index contributed by atoms with van der Waals surface area (Å²) in [6, 6.07) is 23.5. The summed E-state index contributed by atoms with van der Waals surface area (Å²) in [6.45, 7) is 0.670. The first-order chi connectivity index (χ1) is 17.0. The Morgan fingerprint density at radius 1 is 0.914 bits per heavy atom. The summed E-state index contributed by atoms with van der Waals surface area (Å²) in [5.74, 6) is -1.21. The third-order valence-electron chi connectivity index (χ3n) is 6.26. The molecule has 2 amide bonds. The number of carbonyl (C=O) groups excluding carboxylic acids is 2. The number of benzene rings is 3. The molecule has 0 saturated heterocycles.